The molecule has 0 spiro atoms. The number of oxazole rings is 1. The summed E-state index contributed by atoms with van der Waals surface area (Å²) < 4.78 is 5.81. The normalized spacial score (nSPS) is 15.8. The Balaban J connectivity index is 1.81. The number of anilines is 1. The average Bonchev–Trinajstić information content (AvgIpc) is 3.18. The average molecular weight is 397 g/mol. The van der Waals surface area contributed by atoms with Crippen LogP contribution in [0, 0.1) is 0 Å². The number of benzene rings is 2. The van der Waals surface area contributed by atoms with E-state index in [0.717, 1.165) is 17.3 Å². The molecule has 8 heteroatoms. The van der Waals surface area contributed by atoms with Gasteiger partial charge in [-0.15, -0.1) is 0 Å². The fraction of sp³-hybridized carbons (Fsp3) is 0.238. The van der Waals surface area contributed by atoms with Crippen LogP contribution >= 0.6 is 0 Å². The predicted octanol–water partition coefficient (Wildman–Crippen LogP) is 1.87. The summed E-state index contributed by atoms with van der Waals surface area (Å²) in [4.78, 5) is 4.44. The Morgan fingerprint density at radius 1 is 0.897 bits per heavy atom. The first-order chi connectivity index (χ1) is 14.0. The van der Waals surface area contributed by atoms with E-state index in [1.807, 2.05) is 60.7 Å². The molecule has 0 radical (unpaired) electrons. The van der Waals surface area contributed by atoms with E-state index < -0.39 is 24.4 Å². The van der Waals surface area contributed by atoms with E-state index >= 15 is 0 Å². The fourth-order valence-electron chi connectivity index (χ4n) is 2.69. The molecule has 1 heterocycles. The van der Waals surface area contributed by atoms with Crippen LogP contribution in [0.25, 0.3) is 22.6 Å². The highest BCUT2D eigenvalue weighted by Gasteiger charge is 2.27. The van der Waals surface area contributed by atoms with Crippen LogP contribution in [0.15, 0.2) is 70.2 Å². The molecule has 0 fully saturated rings. The summed E-state index contributed by atoms with van der Waals surface area (Å²) in [7, 11) is 0. The second-order valence-corrected chi connectivity index (χ2v) is 6.53. The van der Waals surface area contributed by atoms with Crippen molar-refractivity contribution in [3.8, 4) is 22.6 Å². The monoisotopic (exact) mass is 397 g/mol. The molecule has 3 rings (SSSR count). The van der Waals surface area contributed by atoms with Gasteiger partial charge in [-0.05, 0) is 6.92 Å². The summed E-state index contributed by atoms with van der Waals surface area (Å²) in [5.41, 5.74) is 4.90. The highest BCUT2D eigenvalue weighted by molar-refractivity contribution is 5.78. The van der Waals surface area contributed by atoms with Gasteiger partial charge in [0.1, 0.15) is 24.0 Å². The fourth-order valence-corrected chi connectivity index (χ4v) is 2.69. The number of hydrogen-bond acceptors (Lipinski definition) is 8. The predicted molar refractivity (Wildman–Crippen MR) is 109 cm³/mol. The van der Waals surface area contributed by atoms with Crippen LogP contribution in [0.3, 0.4) is 0 Å². The van der Waals surface area contributed by atoms with E-state index in [4.69, 9.17) is 4.42 Å². The van der Waals surface area contributed by atoms with Crippen molar-refractivity contribution in [2.75, 3.05) is 5.43 Å². The number of aromatic nitrogens is 1. The maximum absolute atomic E-state index is 9.87. The SMILES string of the molecule is C[C@H](O)[C@H](O)[C@@H](O)[C@@H](O)/C=N/Nc1nc(-c2ccccc2)c(-c2ccccc2)o1. The summed E-state index contributed by atoms with van der Waals surface area (Å²) in [5, 5.41) is 42.4. The summed E-state index contributed by atoms with van der Waals surface area (Å²) >= 11 is 0. The van der Waals surface area contributed by atoms with E-state index in [9.17, 15) is 20.4 Å². The first-order valence-electron chi connectivity index (χ1n) is 9.10. The maximum atomic E-state index is 9.87. The molecule has 0 amide bonds. The van der Waals surface area contributed by atoms with Crippen molar-refractivity contribution in [3.63, 3.8) is 0 Å². The maximum Gasteiger partial charge on any atom is 0.316 e. The molecule has 0 aliphatic carbocycles. The lowest BCUT2D eigenvalue weighted by molar-refractivity contribution is -0.0820. The molecule has 0 saturated heterocycles. The van der Waals surface area contributed by atoms with Crippen molar-refractivity contribution in [3.05, 3.63) is 60.7 Å². The summed E-state index contributed by atoms with van der Waals surface area (Å²) in [5.74, 6) is 0.555. The molecule has 152 valence electrons. The van der Waals surface area contributed by atoms with Crippen molar-refractivity contribution in [2.24, 2.45) is 5.10 Å². The van der Waals surface area contributed by atoms with E-state index in [1.165, 1.54) is 6.92 Å². The molecule has 0 unspecified atom stereocenters. The van der Waals surface area contributed by atoms with Gasteiger partial charge in [0.05, 0.1) is 12.3 Å². The van der Waals surface area contributed by atoms with Crippen molar-refractivity contribution in [2.45, 2.75) is 31.3 Å². The zero-order valence-corrected chi connectivity index (χ0v) is 15.8. The van der Waals surface area contributed by atoms with Crippen LogP contribution < -0.4 is 5.43 Å². The quantitative estimate of drug-likeness (QED) is 0.290. The molecule has 2 aromatic carbocycles. The van der Waals surface area contributed by atoms with Crippen molar-refractivity contribution in [1.82, 2.24) is 4.98 Å². The van der Waals surface area contributed by atoms with Gasteiger partial charge in [0.15, 0.2) is 5.76 Å². The van der Waals surface area contributed by atoms with Crippen LogP contribution in [0.1, 0.15) is 6.92 Å². The number of rotatable bonds is 8. The van der Waals surface area contributed by atoms with Crippen molar-refractivity contribution in [1.29, 1.82) is 0 Å². The number of nitrogens with one attached hydrogen (secondary N) is 1. The van der Waals surface area contributed by atoms with Crippen molar-refractivity contribution < 1.29 is 24.8 Å². The Morgan fingerprint density at radius 3 is 2.07 bits per heavy atom. The van der Waals surface area contributed by atoms with Gasteiger partial charge in [-0.25, -0.2) is 5.43 Å². The minimum Gasteiger partial charge on any atom is -0.422 e. The summed E-state index contributed by atoms with van der Waals surface area (Å²) in [6, 6.07) is 19.1. The second kappa shape index (κ2) is 9.44. The zero-order chi connectivity index (χ0) is 20.8. The van der Waals surface area contributed by atoms with Gasteiger partial charge < -0.3 is 24.8 Å². The Bertz CT molecular complexity index is 871. The topological polar surface area (TPSA) is 131 Å². The third-order valence-electron chi connectivity index (χ3n) is 4.29. The first-order valence-corrected chi connectivity index (χ1v) is 9.10. The minimum absolute atomic E-state index is 0.0942. The van der Waals surface area contributed by atoms with Crippen LogP contribution in [0.2, 0.25) is 0 Å². The number of aliphatic hydroxyl groups is 4. The number of nitrogens with zero attached hydrogens (tertiary/aromatic N) is 2. The second-order valence-electron chi connectivity index (χ2n) is 6.53. The lowest BCUT2D eigenvalue weighted by Crippen LogP contribution is -2.44. The molecule has 0 saturated carbocycles. The van der Waals surface area contributed by atoms with Gasteiger partial charge in [0.25, 0.3) is 0 Å². The van der Waals surface area contributed by atoms with Crippen molar-refractivity contribution >= 4 is 12.2 Å². The van der Waals surface area contributed by atoms with Gasteiger partial charge in [-0.3, -0.25) is 0 Å². The van der Waals surface area contributed by atoms with Gasteiger partial charge in [-0.2, -0.15) is 10.1 Å². The van der Waals surface area contributed by atoms with Crippen LogP contribution in [-0.2, 0) is 0 Å². The highest BCUT2D eigenvalue weighted by atomic mass is 16.4. The largest absolute Gasteiger partial charge is 0.422 e. The van der Waals surface area contributed by atoms with Crippen LogP contribution in [0.4, 0.5) is 6.01 Å². The van der Waals surface area contributed by atoms with Gasteiger partial charge in [0, 0.05) is 11.1 Å². The third kappa shape index (κ3) is 5.07. The first kappa shape index (κ1) is 20.7. The molecule has 3 aromatic rings. The zero-order valence-electron chi connectivity index (χ0n) is 15.8. The minimum atomic E-state index is -1.59. The van der Waals surface area contributed by atoms with Crippen LogP contribution in [-0.4, -0.2) is 56.0 Å². The molecule has 8 nitrogen and oxygen atoms in total. The number of hydrogen-bond donors (Lipinski definition) is 5. The van der Waals surface area contributed by atoms with E-state index in [2.05, 4.69) is 15.5 Å². The molecule has 1 aromatic heterocycles. The highest BCUT2D eigenvalue weighted by Crippen LogP contribution is 2.34. The molecular formula is C21H23N3O5. The lowest BCUT2D eigenvalue weighted by Gasteiger charge is -2.22. The van der Waals surface area contributed by atoms with Gasteiger partial charge in [-0.1, -0.05) is 60.7 Å². The van der Waals surface area contributed by atoms with Gasteiger partial charge >= 0.3 is 6.01 Å². The Labute approximate surface area is 167 Å². The number of aliphatic hydroxyl groups excluding tert-OH is 4. The molecule has 5 N–H and O–H groups in total. The summed E-state index contributed by atoms with van der Waals surface area (Å²) in [6.07, 6.45) is -4.80. The Kier molecular flexibility index (Phi) is 6.73. The van der Waals surface area contributed by atoms with Gasteiger partial charge in [0.2, 0.25) is 0 Å². The van der Waals surface area contributed by atoms with Crippen LogP contribution in [0.5, 0.6) is 0 Å². The molecule has 29 heavy (non-hydrogen) atoms. The standard InChI is InChI=1S/C21H23N3O5/c1-13(25)18(27)19(28)16(26)12-22-24-21-23-17(14-8-4-2-5-9-14)20(29-21)15-10-6-3-7-11-15/h2-13,16,18-19,25-28H,1H3,(H,23,24)/b22-12+/t13-,16-,18-,19-/m0/s1. The smallest absolute Gasteiger partial charge is 0.316 e. The molecule has 0 aliphatic rings. The van der Waals surface area contributed by atoms with E-state index in [0.29, 0.717) is 11.5 Å². The number of hydrazone groups is 1. The molecule has 0 aliphatic heterocycles. The Morgan fingerprint density at radius 2 is 1.48 bits per heavy atom. The molecular weight excluding hydrogens is 374 g/mol. The summed E-state index contributed by atoms with van der Waals surface area (Å²) in [6.45, 7) is 1.30. The third-order valence-corrected chi connectivity index (χ3v) is 4.29. The molecule has 4 atom stereocenters. The lowest BCUT2D eigenvalue weighted by atomic mass is 10.1. The molecule has 0 bridgehead atoms. The van der Waals surface area contributed by atoms with E-state index in [1.54, 1.807) is 0 Å². The van der Waals surface area contributed by atoms with E-state index in [-0.39, 0.29) is 6.01 Å². The Hall–Kier alpha value is -3.04.